The largest absolute Gasteiger partial charge is 0.414 e. The Hall–Kier alpha value is -1.19. The Morgan fingerprint density at radius 1 is 1.21 bits per heavy atom. The molecule has 0 amide bonds. The zero-order valence-electron chi connectivity index (χ0n) is 17.2. The number of aromatic nitrogens is 2. The van der Waals surface area contributed by atoms with Crippen LogP contribution in [0.25, 0.3) is 0 Å². The first-order chi connectivity index (χ1) is 13.7. The number of hydrogen-bond donors (Lipinski definition) is 1. The Balaban J connectivity index is 2.01. The molecule has 1 aromatic heterocycles. The molecule has 0 saturated carbocycles. The van der Waals surface area contributed by atoms with E-state index in [1.54, 1.807) is 0 Å². The van der Waals surface area contributed by atoms with Crippen molar-refractivity contribution >= 4 is 22.9 Å². The van der Waals surface area contributed by atoms with Gasteiger partial charge in [-0.1, -0.05) is 27.7 Å². The number of alkyl halides is 2. The van der Waals surface area contributed by atoms with Gasteiger partial charge in [-0.3, -0.25) is 4.57 Å². The molecule has 0 aromatic carbocycles. The van der Waals surface area contributed by atoms with Crippen molar-refractivity contribution in [1.29, 1.82) is 0 Å². The van der Waals surface area contributed by atoms with E-state index in [1.807, 2.05) is 27.7 Å². The number of fused-ring (bicyclic) bond motifs is 1. The highest BCUT2D eigenvalue weighted by atomic mass is 28.5. The molecule has 0 radical (unpaired) electrons. The summed E-state index contributed by atoms with van der Waals surface area (Å²) in [6.07, 6.45) is -3.26. The fourth-order valence-corrected chi connectivity index (χ4v) is 12.3. The fraction of sp³-hybridized carbons (Fsp3) is 0.765. The van der Waals surface area contributed by atoms with Crippen LogP contribution in [0.4, 0.5) is 14.6 Å². The van der Waals surface area contributed by atoms with E-state index in [9.17, 15) is 4.79 Å². The van der Waals surface area contributed by atoms with E-state index in [4.69, 9.17) is 23.4 Å². The molecule has 0 bridgehead atoms. The van der Waals surface area contributed by atoms with Crippen molar-refractivity contribution in [2.75, 3.05) is 12.3 Å². The van der Waals surface area contributed by atoms with Crippen molar-refractivity contribution in [1.82, 2.24) is 9.55 Å². The van der Waals surface area contributed by atoms with Crippen LogP contribution in [0.5, 0.6) is 0 Å². The first kappa shape index (κ1) is 22.5. The molecule has 8 nitrogen and oxygen atoms in total. The van der Waals surface area contributed by atoms with Gasteiger partial charge in [0.25, 0.3) is 0 Å². The van der Waals surface area contributed by atoms with Gasteiger partial charge in [0.1, 0.15) is 18.0 Å². The highest BCUT2D eigenvalue weighted by Crippen LogP contribution is 2.47. The van der Waals surface area contributed by atoms with E-state index in [1.165, 1.54) is 12.3 Å². The third-order valence-corrected chi connectivity index (χ3v) is 14.5. The van der Waals surface area contributed by atoms with Gasteiger partial charge >= 0.3 is 28.7 Å². The molecule has 0 aliphatic carbocycles. The van der Waals surface area contributed by atoms with Crippen LogP contribution in [0.15, 0.2) is 17.1 Å². The van der Waals surface area contributed by atoms with Gasteiger partial charge in [0.15, 0.2) is 0 Å². The SMILES string of the molecule is CC[Si]1(CC)OCC2OC(n3ccc(N)nc3=O)C(F)(F)C2O[Si](CC)(CC)O1. The monoisotopic (exact) mass is 449 g/mol. The van der Waals surface area contributed by atoms with Crippen LogP contribution in [0.2, 0.25) is 24.2 Å². The molecule has 3 rings (SSSR count). The number of rotatable bonds is 5. The minimum Gasteiger partial charge on any atom is -0.414 e. The second kappa shape index (κ2) is 8.15. The van der Waals surface area contributed by atoms with E-state index in [0.29, 0.717) is 24.2 Å². The molecule has 2 aliphatic heterocycles. The molecule has 29 heavy (non-hydrogen) atoms. The maximum Gasteiger partial charge on any atom is 0.351 e. The highest BCUT2D eigenvalue weighted by molar-refractivity contribution is 6.81. The molecule has 3 unspecified atom stereocenters. The molecular weight excluding hydrogens is 420 g/mol. The molecule has 164 valence electrons. The molecule has 0 spiro atoms. The summed E-state index contributed by atoms with van der Waals surface area (Å²) in [5.74, 6) is -3.52. The second-order valence-corrected chi connectivity index (χ2v) is 15.2. The van der Waals surface area contributed by atoms with Crippen LogP contribution >= 0.6 is 0 Å². The predicted molar refractivity (Wildman–Crippen MR) is 107 cm³/mol. The van der Waals surface area contributed by atoms with E-state index in [0.717, 1.165) is 4.57 Å². The van der Waals surface area contributed by atoms with Crippen LogP contribution in [0.1, 0.15) is 33.9 Å². The number of hydrogen-bond acceptors (Lipinski definition) is 7. The minimum absolute atomic E-state index is 0.0448. The molecule has 12 heteroatoms. The maximum atomic E-state index is 15.5. The van der Waals surface area contributed by atoms with Crippen molar-refractivity contribution in [3.63, 3.8) is 0 Å². The Labute approximate surface area is 170 Å². The Morgan fingerprint density at radius 2 is 1.83 bits per heavy atom. The Morgan fingerprint density at radius 3 is 2.38 bits per heavy atom. The van der Waals surface area contributed by atoms with Crippen LogP contribution < -0.4 is 11.4 Å². The molecule has 1 aromatic rings. The lowest BCUT2D eigenvalue weighted by molar-refractivity contribution is -0.139. The molecule has 3 heterocycles. The lowest BCUT2D eigenvalue weighted by Crippen LogP contribution is -2.61. The van der Waals surface area contributed by atoms with Gasteiger partial charge in [0.05, 0.1) is 6.61 Å². The van der Waals surface area contributed by atoms with Crippen molar-refractivity contribution in [2.24, 2.45) is 0 Å². The normalized spacial score (nSPS) is 30.3. The van der Waals surface area contributed by atoms with Gasteiger partial charge < -0.3 is 23.4 Å². The van der Waals surface area contributed by atoms with E-state index >= 15 is 8.78 Å². The zero-order valence-corrected chi connectivity index (χ0v) is 19.2. The maximum absolute atomic E-state index is 15.5. The number of anilines is 1. The first-order valence-electron chi connectivity index (χ1n) is 10.1. The molecule has 2 aliphatic rings. The van der Waals surface area contributed by atoms with Crippen molar-refractivity contribution < 1.29 is 26.5 Å². The number of nitrogens with two attached hydrogens (primary N) is 1. The van der Waals surface area contributed by atoms with Gasteiger partial charge in [0, 0.05) is 6.20 Å². The van der Waals surface area contributed by atoms with Crippen molar-refractivity contribution in [3.8, 4) is 0 Å². The zero-order chi connectivity index (χ0) is 21.4. The van der Waals surface area contributed by atoms with Gasteiger partial charge in [-0.05, 0) is 30.2 Å². The van der Waals surface area contributed by atoms with Gasteiger partial charge in [0.2, 0.25) is 6.23 Å². The average molecular weight is 450 g/mol. The molecule has 3 atom stereocenters. The topological polar surface area (TPSA) is 97.8 Å². The number of nitrogen functional groups attached to an aromatic ring is 1. The Bertz CT molecular complexity index is 789. The van der Waals surface area contributed by atoms with Crippen LogP contribution in [0.3, 0.4) is 0 Å². The molecule has 2 fully saturated rings. The van der Waals surface area contributed by atoms with E-state index < -0.39 is 47.2 Å². The molecule has 2 saturated heterocycles. The summed E-state index contributed by atoms with van der Waals surface area (Å²) < 4.78 is 56.1. The fourth-order valence-electron chi connectivity index (χ4n) is 3.87. The third kappa shape index (κ3) is 3.93. The smallest absolute Gasteiger partial charge is 0.351 e. The number of halogens is 2. The number of nitrogens with zero attached hydrogens (tertiary/aromatic N) is 2. The Kier molecular flexibility index (Phi) is 6.32. The van der Waals surface area contributed by atoms with Crippen LogP contribution in [0, 0.1) is 0 Å². The minimum atomic E-state index is -3.47. The summed E-state index contributed by atoms with van der Waals surface area (Å²) in [6.45, 7) is 7.71. The quantitative estimate of drug-likeness (QED) is 0.690. The van der Waals surface area contributed by atoms with Crippen LogP contribution in [-0.4, -0.2) is 51.4 Å². The summed E-state index contributed by atoms with van der Waals surface area (Å²) in [5.41, 5.74) is 4.58. The number of ether oxygens (including phenoxy) is 1. The molecular formula is C17H29F2N3O5Si2. The first-order valence-corrected chi connectivity index (χ1v) is 14.5. The van der Waals surface area contributed by atoms with Gasteiger partial charge in [-0.15, -0.1) is 0 Å². The van der Waals surface area contributed by atoms with Crippen molar-refractivity contribution in [3.05, 3.63) is 22.7 Å². The lowest BCUT2D eigenvalue weighted by Gasteiger charge is -2.44. The summed E-state index contributed by atoms with van der Waals surface area (Å²) in [7, 11) is -5.57. The predicted octanol–water partition coefficient (Wildman–Crippen LogP) is 2.75. The standard InChI is InChI=1S/C17H29F2N3O5Si2/c1-5-28(6-2)24-11-12-14(26-29(7-3,8-4)27-28)17(18,19)15(25-12)22-10-9-13(20)21-16(22)23/h9-10,12,14-15H,5-8,11H2,1-4H3,(H2,20,21,23). The summed E-state index contributed by atoms with van der Waals surface area (Å²) in [4.78, 5) is 15.7. The van der Waals surface area contributed by atoms with E-state index in [-0.39, 0.29) is 12.4 Å². The van der Waals surface area contributed by atoms with Crippen LogP contribution in [-0.2, 0) is 17.7 Å². The second-order valence-electron chi connectivity index (χ2n) is 7.43. The molecule has 2 N–H and O–H groups in total. The summed E-state index contributed by atoms with van der Waals surface area (Å²) in [6, 6.07) is 3.72. The van der Waals surface area contributed by atoms with Crippen molar-refractivity contribution in [2.45, 2.75) is 76.2 Å². The highest BCUT2D eigenvalue weighted by Gasteiger charge is 2.64. The summed E-state index contributed by atoms with van der Waals surface area (Å²) in [5, 5.41) is 0. The average Bonchev–Trinajstić information content (AvgIpc) is 2.92. The summed E-state index contributed by atoms with van der Waals surface area (Å²) >= 11 is 0. The van der Waals surface area contributed by atoms with E-state index in [2.05, 4.69) is 4.98 Å². The van der Waals surface area contributed by atoms with Gasteiger partial charge in [-0.25, -0.2) is 4.79 Å². The van der Waals surface area contributed by atoms with Gasteiger partial charge in [-0.2, -0.15) is 13.8 Å². The third-order valence-electron chi connectivity index (χ3n) is 5.83. The lowest BCUT2D eigenvalue weighted by atomic mass is 10.1.